The molecule has 2 fully saturated rings. The van der Waals surface area contributed by atoms with Crippen molar-refractivity contribution in [3.63, 3.8) is 0 Å². The number of hydrogen-bond acceptors (Lipinski definition) is 4. The summed E-state index contributed by atoms with van der Waals surface area (Å²) in [6.45, 7) is 8.64. The highest BCUT2D eigenvalue weighted by Crippen LogP contribution is 2.29. The molecule has 5 nitrogen and oxygen atoms in total. The summed E-state index contributed by atoms with van der Waals surface area (Å²) < 4.78 is 5.55. The molecular formula is C22H35N3O2. The number of piperidine rings is 1. The second-order valence-electron chi connectivity index (χ2n) is 8.24. The quantitative estimate of drug-likeness (QED) is 0.796. The monoisotopic (exact) mass is 373 g/mol. The molecule has 0 bridgehead atoms. The van der Waals surface area contributed by atoms with Crippen molar-refractivity contribution in [3.8, 4) is 0 Å². The van der Waals surface area contributed by atoms with Gasteiger partial charge in [0.05, 0.1) is 13.2 Å². The zero-order valence-corrected chi connectivity index (χ0v) is 17.0. The lowest BCUT2D eigenvalue weighted by Crippen LogP contribution is -2.62. The molecule has 1 N–H and O–H groups in total. The van der Waals surface area contributed by atoms with E-state index in [2.05, 4.69) is 53.4 Å². The van der Waals surface area contributed by atoms with Crippen LogP contribution in [0.2, 0.25) is 0 Å². The minimum atomic E-state index is 0.100. The van der Waals surface area contributed by atoms with E-state index < -0.39 is 0 Å². The molecule has 5 heteroatoms. The average molecular weight is 374 g/mol. The molecule has 150 valence electrons. The Morgan fingerprint density at radius 1 is 1.11 bits per heavy atom. The Balaban J connectivity index is 1.47. The highest BCUT2D eigenvalue weighted by atomic mass is 16.5. The highest BCUT2D eigenvalue weighted by Gasteiger charge is 2.39. The van der Waals surface area contributed by atoms with E-state index in [9.17, 15) is 4.79 Å². The lowest BCUT2D eigenvalue weighted by atomic mass is 9.85. The van der Waals surface area contributed by atoms with Gasteiger partial charge in [-0.25, -0.2) is 0 Å². The maximum atomic E-state index is 12.5. The molecule has 1 amide bonds. The van der Waals surface area contributed by atoms with Crippen LogP contribution >= 0.6 is 0 Å². The predicted octanol–water partition coefficient (Wildman–Crippen LogP) is 2.23. The number of aryl methyl sites for hydroxylation is 2. The van der Waals surface area contributed by atoms with Crippen LogP contribution in [0.4, 0.5) is 0 Å². The summed E-state index contributed by atoms with van der Waals surface area (Å²) in [5.41, 5.74) is 2.69. The van der Waals surface area contributed by atoms with Crippen LogP contribution in [0.5, 0.6) is 0 Å². The van der Waals surface area contributed by atoms with E-state index in [0.29, 0.717) is 6.42 Å². The van der Waals surface area contributed by atoms with Crippen LogP contribution in [0.1, 0.15) is 36.8 Å². The molecule has 0 aromatic heterocycles. The fourth-order valence-corrected chi connectivity index (χ4v) is 4.24. The van der Waals surface area contributed by atoms with Gasteiger partial charge in [0.15, 0.2) is 0 Å². The van der Waals surface area contributed by atoms with E-state index in [1.165, 1.54) is 11.1 Å². The number of morpholine rings is 1. The summed E-state index contributed by atoms with van der Waals surface area (Å²) in [4.78, 5) is 17.4. The highest BCUT2D eigenvalue weighted by molar-refractivity contribution is 5.75. The maximum absolute atomic E-state index is 12.5. The van der Waals surface area contributed by atoms with Gasteiger partial charge in [0.1, 0.15) is 0 Å². The molecular weight excluding hydrogens is 338 g/mol. The van der Waals surface area contributed by atoms with Gasteiger partial charge in [0.2, 0.25) is 5.91 Å². The molecule has 0 unspecified atom stereocenters. The van der Waals surface area contributed by atoms with Crippen molar-refractivity contribution in [2.75, 3.05) is 53.0 Å². The van der Waals surface area contributed by atoms with Crippen LogP contribution < -0.4 is 5.32 Å². The first kappa shape index (κ1) is 20.3. The Morgan fingerprint density at radius 2 is 1.78 bits per heavy atom. The van der Waals surface area contributed by atoms with E-state index in [-0.39, 0.29) is 11.4 Å². The molecule has 0 saturated carbocycles. The number of ether oxygens (including phenoxy) is 1. The zero-order valence-electron chi connectivity index (χ0n) is 17.0. The number of amides is 1. The predicted molar refractivity (Wildman–Crippen MR) is 109 cm³/mol. The summed E-state index contributed by atoms with van der Waals surface area (Å²) in [6, 6.07) is 8.61. The number of hydrogen-bond donors (Lipinski definition) is 1. The van der Waals surface area contributed by atoms with Gasteiger partial charge in [-0.05, 0) is 58.3 Å². The van der Waals surface area contributed by atoms with Crippen LogP contribution in [0.15, 0.2) is 24.3 Å². The van der Waals surface area contributed by atoms with Crippen molar-refractivity contribution in [2.24, 2.45) is 0 Å². The zero-order chi connectivity index (χ0) is 19.1. The second-order valence-corrected chi connectivity index (χ2v) is 8.24. The van der Waals surface area contributed by atoms with E-state index in [4.69, 9.17) is 4.74 Å². The molecule has 0 aliphatic carbocycles. The molecule has 27 heavy (non-hydrogen) atoms. The Bertz CT molecular complexity index is 588. The third-order valence-corrected chi connectivity index (χ3v) is 6.20. The number of carbonyl (C=O) groups is 1. The summed E-state index contributed by atoms with van der Waals surface area (Å²) >= 11 is 0. The van der Waals surface area contributed by atoms with Crippen LogP contribution in [0, 0.1) is 6.92 Å². The van der Waals surface area contributed by atoms with Crippen molar-refractivity contribution in [1.29, 1.82) is 0 Å². The van der Waals surface area contributed by atoms with Gasteiger partial charge in [-0.3, -0.25) is 9.69 Å². The average Bonchev–Trinajstić information content (AvgIpc) is 2.70. The molecule has 1 aromatic rings. The number of likely N-dealkylation sites (tertiary alicyclic amines) is 1. The number of nitrogens with one attached hydrogen (secondary N) is 1. The van der Waals surface area contributed by atoms with Gasteiger partial charge in [0, 0.05) is 31.6 Å². The molecule has 2 aliphatic heterocycles. The minimum absolute atomic E-state index is 0.100. The molecule has 1 aromatic carbocycles. The molecule has 2 saturated heterocycles. The largest absolute Gasteiger partial charge is 0.379 e. The normalized spacial score (nSPS) is 21.1. The second kappa shape index (κ2) is 9.67. The molecule has 0 radical (unpaired) electrons. The molecule has 2 aliphatic rings. The van der Waals surface area contributed by atoms with Crippen molar-refractivity contribution in [1.82, 2.24) is 15.1 Å². The Morgan fingerprint density at radius 3 is 2.44 bits per heavy atom. The van der Waals surface area contributed by atoms with E-state index in [1.807, 2.05) is 0 Å². The SMILES string of the molecule is Cc1ccc(CCCC(=O)NCC2(N3CCOCC3)CCN(C)CC2)cc1. The summed E-state index contributed by atoms with van der Waals surface area (Å²) in [7, 11) is 2.19. The maximum Gasteiger partial charge on any atom is 0.220 e. The molecule has 3 rings (SSSR count). The first-order chi connectivity index (χ1) is 13.1. The molecule has 2 heterocycles. The fourth-order valence-electron chi connectivity index (χ4n) is 4.24. The number of rotatable bonds is 7. The van der Waals surface area contributed by atoms with Crippen molar-refractivity contribution in [3.05, 3.63) is 35.4 Å². The summed E-state index contributed by atoms with van der Waals surface area (Å²) in [5, 5.41) is 3.26. The molecule has 0 atom stereocenters. The first-order valence-corrected chi connectivity index (χ1v) is 10.4. The number of carbonyl (C=O) groups excluding carboxylic acids is 1. The van der Waals surface area contributed by atoms with Gasteiger partial charge in [-0.2, -0.15) is 0 Å². The van der Waals surface area contributed by atoms with Gasteiger partial charge in [-0.1, -0.05) is 29.8 Å². The lowest BCUT2D eigenvalue weighted by molar-refractivity contribution is -0.122. The van der Waals surface area contributed by atoms with E-state index in [1.54, 1.807) is 0 Å². The van der Waals surface area contributed by atoms with E-state index in [0.717, 1.165) is 71.6 Å². The van der Waals surface area contributed by atoms with Crippen molar-refractivity contribution in [2.45, 2.75) is 44.6 Å². The number of benzene rings is 1. The third kappa shape index (κ3) is 5.77. The van der Waals surface area contributed by atoms with Gasteiger partial charge < -0.3 is 15.0 Å². The Labute approximate surface area is 164 Å². The number of nitrogens with zero attached hydrogens (tertiary/aromatic N) is 2. The minimum Gasteiger partial charge on any atom is -0.379 e. The fraction of sp³-hybridized carbons (Fsp3) is 0.682. The standard InChI is InChI=1S/C22H35N3O2/c1-19-6-8-20(9-7-19)4-3-5-21(26)23-18-22(10-12-24(2)13-11-22)25-14-16-27-17-15-25/h6-9H,3-5,10-18H2,1-2H3,(H,23,26). The van der Waals surface area contributed by atoms with E-state index >= 15 is 0 Å². The van der Waals surface area contributed by atoms with Gasteiger partial charge in [0.25, 0.3) is 0 Å². The summed E-state index contributed by atoms with van der Waals surface area (Å²) in [6.07, 6.45) is 4.71. The van der Waals surface area contributed by atoms with Gasteiger partial charge >= 0.3 is 0 Å². The Hall–Kier alpha value is -1.43. The lowest BCUT2D eigenvalue weighted by Gasteiger charge is -2.49. The Kier molecular flexibility index (Phi) is 7.27. The topological polar surface area (TPSA) is 44.8 Å². The summed E-state index contributed by atoms with van der Waals surface area (Å²) in [5.74, 6) is 0.189. The van der Waals surface area contributed by atoms with Crippen molar-refractivity contribution >= 4 is 5.91 Å². The van der Waals surface area contributed by atoms with Crippen molar-refractivity contribution < 1.29 is 9.53 Å². The smallest absolute Gasteiger partial charge is 0.220 e. The van der Waals surface area contributed by atoms with Crippen LogP contribution in [0.25, 0.3) is 0 Å². The van der Waals surface area contributed by atoms with Gasteiger partial charge in [-0.15, -0.1) is 0 Å². The first-order valence-electron chi connectivity index (χ1n) is 10.4. The van der Waals surface area contributed by atoms with Crippen LogP contribution in [-0.4, -0.2) is 74.2 Å². The molecule has 0 spiro atoms. The van der Waals surface area contributed by atoms with Crippen LogP contribution in [0.3, 0.4) is 0 Å². The van der Waals surface area contributed by atoms with Crippen LogP contribution in [-0.2, 0) is 16.0 Å². The third-order valence-electron chi connectivity index (χ3n) is 6.20.